The van der Waals surface area contributed by atoms with Crippen molar-refractivity contribution in [2.24, 2.45) is 0 Å². The van der Waals surface area contributed by atoms with Crippen LogP contribution < -0.4 is 4.74 Å². The van der Waals surface area contributed by atoms with E-state index in [2.05, 4.69) is 4.74 Å². The highest BCUT2D eigenvalue weighted by Crippen LogP contribution is 2.27. The van der Waals surface area contributed by atoms with Crippen LogP contribution in [-0.2, 0) is 6.42 Å². The van der Waals surface area contributed by atoms with Gasteiger partial charge in [-0.25, -0.2) is 4.39 Å². The van der Waals surface area contributed by atoms with Crippen molar-refractivity contribution in [3.8, 4) is 5.75 Å². The lowest BCUT2D eigenvalue weighted by Gasteiger charge is -2.12. The van der Waals surface area contributed by atoms with Crippen LogP contribution in [0.1, 0.15) is 15.9 Å². The number of hydrogen-bond donors (Lipinski definition) is 0. The molecule has 0 fully saturated rings. The van der Waals surface area contributed by atoms with Gasteiger partial charge in [0, 0.05) is 6.42 Å². The van der Waals surface area contributed by atoms with Crippen molar-refractivity contribution in [1.29, 1.82) is 0 Å². The summed E-state index contributed by atoms with van der Waals surface area (Å²) >= 11 is 0. The second-order valence-electron chi connectivity index (χ2n) is 4.27. The van der Waals surface area contributed by atoms with Crippen molar-refractivity contribution in [1.82, 2.24) is 0 Å². The predicted molar refractivity (Wildman–Crippen MR) is 67.6 cm³/mol. The van der Waals surface area contributed by atoms with Gasteiger partial charge in [0.25, 0.3) is 0 Å². The highest BCUT2D eigenvalue weighted by atomic mass is 19.4. The first-order valence-corrected chi connectivity index (χ1v) is 5.97. The Labute approximate surface area is 118 Å². The molecule has 0 radical (unpaired) electrons. The third kappa shape index (κ3) is 4.30. The summed E-state index contributed by atoms with van der Waals surface area (Å²) in [6.07, 6.45) is -5.09. The molecule has 0 heterocycles. The average molecular weight is 298 g/mol. The van der Waals surface area contributed by atoms with Crippen molar-refractivity contribution < 1.29 is 27.1 Å². The number of alkyl halides is 3. The van der Waals surface area contributed by atoms with Crippen molar-refractivity contribution in [2.75, 3.05) is 0 Å². The lowest BCUT2D eigenvalue weighted by Crippen LogP contribution is -2.19. The minimum Gasteiger partial charge on any atom is -0.405 e. The van der Waals surface area contributed by atoms with E-state index in [9.17, 15) is 22.4 Å². The Morgan fingerprint density at radius 3 is 2.43 bits per heavy atom. The smallest absolute Gasteiger partial charge is 0.405 e. The molecule has 0 bridgehead atoms. The van der Waals surface area contributed by atoms with Crippen LogP contribution in [0.3, 0.4) is 0 Å². The van der Waals surface area contributed by atoms with Crippen molar-refractivity contribution in [2.45, 2.75) is 12.8 Å². The monoisotopic (exact) mass is 298 g/mol. The Balaban J connectivity index is 2.23. The van der Waals surface area contributed by atoms with Gasteiger partial charge in [-0.05, 0) is 29.8 Å². The standard InChI is InChI=1S/C15H10F4O2/c16-11-5-3-4-10(8-11)9-13(20)12-6-1-2-7-14(12)21-15(17,18)19/h1-8H,9H2. The Morgan fingerprint density at radius 2 is 1.76 bits per heavy atom. The van der Waals surface area contributed by atoms with E-state index in [1.165, 1.54) is 36.4 Å². The maximum absolute atomic E-state index is 13.0. The largest absolute Gasteiger partial charge is 0.573 e. The van der Waals surface area contributed by atoms with Crippen LogP contribution in [0.4, 0.5) is 17.6 Å². The number of Topliss-reactive ketones (excluding diaryl/α,β-unsaturated/α-hetero) is 1. The summed E-state index contributed by atoms with van der Waals surface area (Å²) in [5, 5.41) is 0. The minimum absolute atomic E-state index is 0.195. The molecule has 0 saturated carbocycles. The fraction of sp³-hybridized carbons (Fsp3) is 0.133. The van der Waals surface area contributed by atoms with E-state index in [0.717, 1.165) is 12.1 Å². The fourth-order valence-corrected chi connectivity index (χ4v) is 1.84. The van der Waals surface area contributed by atoms with Gasteiger partial charge < -0.3 is 4.74 Å². The molecule has 0 aliphatic carbocycles. The Morgan fingerprint density at radius 1 is 1.05 bits per heavy atom. The van der Waals surface area contributed by atoms with E-state index in [-0.39, 0.29) is 12.0 Å². The van der Waals surface area contributed by atoms with E-state index in [4.69, 9.17) is 0 Å². The molecule has 0 amide bonds. The number of halogens is 4. The quantitative estimate of drug-likeness (QED) is 0.626. The topological polar surface area (TPSA) is 26.3 Å². The molecule has 2 rings (SSSR count). The third-order valence-corrected chi connectivity index (χ3v) is 2.67. The highest BCUT2D eigenvalue weighted by Gasteiger charge is 2.32. The van der Waals surface area contributed by atoms with Crippen molar-refractivity contribution >= 4 is 5.78 Å². The van der Waals surface area contributed by atoms with Gasteiger partial charge >= 0.3 is 6.36 Å². The molecular weight excluding hydrogens is 288 g/mol. The van der Waals surface area contributed by atoms with Gasteiger partial charge in [-0.15, -0.1) is 13.2 Å². The molecule has 0 saturated heterocycles. The van der Waals surface area contributed by atoms with Crippen LogP contribution in [0, 0.1) is 5.82 Å². The predicted octanol–water partition coefficient (Wildman–Crippen LogP) is 4.15. The third-order valence-electron chi connectivity index (χ3n) is 2.67. The fourth-order valence-electron chi connectivity index (χ4n) is 1.84. The summed E-state index contributed by atoms with van der Waals surface area (Å²) in [6.45, 7) is 0. The summed E-state index contributed by atoms with van der Waals surface area (Å²) in [5.74, 6) is -1.66. The summed E-state index contributed by atoms with van der Waals surface area (Å²) in [6, 6.07) is 10.4. The van der Waals surface area contributed by atoms with Gasteiger partial charge in [-0.1, -0.05) is 24.3 Å². The first-order valence-electron chi connectivity index (χ1n) is 5.97. The lowest BCUT2D eigenvalue weighted by atomic mass is 10.0. The number of carbonyl (C=O) groups is 1. The van der Waals surface area contributed by atoms with Crippen LogP contribution in [0.15, 0.2) is 48.5 Å². The summed E-state index contributed by atoms with van der Waals surface area (Å²) in [5.41, 5.74) is 0.181. The highest BCUT2D eigenvalue weighted by molar-refractivity contribution is 5.99. The van der Waals surface area contributed by atoms with Crippen molar-refractivity contribution in [3.63, 3.8) is 0 Å². The zero-order valence-electron chi connectivity index (χ0n) is 10.7. The number of rotatable bonds is 4. The van der Waals surface area contributed by atoms with E-state index in [1.807, 2.05) is 0 Å². The molecule has 0 spiro atoms. The Bertz CT molecular complexity index is 650. The summed E-state index contributed by atoms with van der Waals surface area (Å²) in [7, 11) is 0. The molecule has 2 aromatic carbocycles. The summed E-state index contributed by atoms with van der Waals surface area (Å²) in [4.78, 5) is 12.1. The molecule has 6 heteroatoms. The Hall–Kier alpha value is -2.37. The molecule has 110 valence electrons. The maximum Gasteiger partial charge on any atom is 0.573 e. The van der Waals surface area contributed by atoms with E-state index < -0.39 is 23.7 Å². The zero-order valence-corrected chi connectivity index (χ0v) is 10.7. The van der Waals surface area contributed by atoms with Crippen LogP contribution >= 0.6 is 0 Å². The van der Waals surface area contributed by atoms with E-state index in [1.54, 1.807) is 0 Å². The van der Waals surface area contributed by atoms with Gasteiger partial charge in [0.15, 0.2) is 5.78 Å². The van der Waals surface area contributed by atoms with Crippen LogP contribution in [0.2, 0.25) is 0 Å². The van der Waals surface area contributed by atoms with Crippen LogP contribution in [-0.4, -0.2) is 12.1 Å². The average Bonchev–Trinajstić information content (AvgIpc) is 2.37. The number of carbonyl (C=O) groups excluding carboxylic acids is 1. The van der Waals surface area contributed by atoms with Gasteiger partial charge in [0.2, 0.25) is 0 Å². The minimum atomic E-state index is -4.88. The van der Waals surface area contributed by atoms with Gasteiger partial charge in [0.05, 0.1) is 5.56 Å². The number of ether oxygens (including phenoxy) is 1. The molecule has 0 aliphatic rings. The molecule has 0 atom stereocenters. The molecular formula is C15H10F4O2. The first kappa shape index (κ1) is 15.0. The van der Waals surface area contributed by atoms with Crippen LogP contribution in [0.25, 0.3) is 0 Å². The first-order chi connectivity index (χ1) is 9.85. The van der Waals surface area contributed by atoms with Gasteiger partial charge in [-0.2, -0.15) is 0 Å². The van der Waals surface area contributed by atoms with Gasteiger partial charge in [0.1, 0.15) is 11.6 Å². The SMILES string of the molecule is O=C(Cc1cccc(F)c1)c1ccccc1OC(F)(F)F. The maximum atomic E-state index is 13.0. The molecule has 0 unspecified atom stereocenters. The second-order valence-corrected chi connectivity index (χ2v) is 4.27. The number of benzene rings is 2. The van der Waals surface area contributed by atoms with E-state index >= 15 is 0 Å². The molecule has 0 aromatic heterocycles. The summed E-state index contributed by atoms with van der Waals surface area (Å²) < 4.78 is 53.7. The molecule has 0 aliphatic heterocycles. The lowest BCUT2D eigenvalue weighted by molar-refractivity contribution is -0.274. The van der Waals surface area contributed by atoms with Gasteiger partial charge in [-0.3, -0.25) is 4.79 Å². The molecule has 2 nitrogen and oxygen atoms in total. The van der Waals surface area contributed by atoms with Crippen molar-refractivity contribution in [3.05, 3.63) is 65.5 Å². The van der Waals surface area contributed by atoms with Crippen LogP contribution in [0.5, 0.6) is 5.75 Å². The Kier molecular flexibility index (Phi) is 4.26. The molecule has 2 aromatic rings. The molecule has 0 N–H and O–H groups in total. The number of ketones is 1. The number of hydrogen-bond acceptors (Lipinski definition) is 2. The second kappa shape index (κ2) is 5.95. The number of para-hydroxylation sites is 1. The zero-order chi connectivity index (χ0) is 15.5. The molecule has 21 heavy (non-hydrogen) atoms. The normalized spacial score (nSPS) is 11.2. The van der Waals surface area contributed by atoms with E-state index in [0.29, 0.717) is 5.56 Å².